The molecule has 8 nitrogen and oxygen atoms in total. The monoisotopic (exact) mass is 606 g/mol. The minimum atomic E-state index is -1.27. The van der Waals surface area contributed by atoms with Crippen LogP contribution in [0.3, 0.4) is 0 Å². The van der Waals surface area contributed by atoms with Crippen molar-refractivity contribution in [2.45, 2.75) is 120 Å². The van der Waals surface area contributed by atoms with Gasteiger partial charge in [-0.1, -0.05) is 13.8 Å². The van der Waals surface area contributed by atoms with E-state index in [0.29, 0.717) is 12.8 Å². The van der Waals surface area contributed by atoms with E-state index in [1.807, 2.05) is 0 Å². The van der Waals surface area contributed by atoms with Gasteiger partial charge in [0, 0.05) is 0 Å². The number of Topliss-reactive ketones (excluding diaryl/α,β-unsaturated/α-hetero) is 2. The Balaban J connectivity index is -0.000000534. The molecule has 0 saturated carbocycles. The van der Waals surface area contributed by atoms with Crippen molar-refractivity contribution in [2.75, 3.05) is 13.2 Å². The average Bonchev–Trinajstić information content (AvgIpc) is 2.83. The molecule has 4 atom stereocenters. The minimum absolute atomic E-state index is 0.317. The van der Waals surface area contributed by atoms with Crippen LogP contribution < -0.4 is 10.2 Å². The zero-order chi connectivity index (χ0) is 29.2. The molecule has 0 aliphatic rings. The SMILES string of the molecule is CCC(C(C)=O)C(=O)[O-].CCC(C(C)=O)C(=O)[O-].CCCCC(CC)C[O][Zr+2][O]CC(CC)CCCC. The van der Waals surface area contributed by atoms with Gasteiger partial charge < -0.3 is 19.8 Å². The molecule has 4 unspecified atom stereocenters. The summed E-state index contributed by atoms with van der Waals surface area (Å²) in [4.78, 5) is 40.9. The Morgan fingerprint density at radius 1 is 0.622 bits per heavy atom. The van der Waals surface area contributed by atoms with E-state index in [-0.39, 0.29) is 11.6 Å². The van der Waals surface area contributed by atoms with Crippen LogP contribution in [-0.2, 0) is 48.9 Å². The molecule has 0 aromatic carbocycles. The molecule has 0 radical (unpaired) electrons. The molecular weight excluding hydrogens is 556 g/mol. The Labute approximate surface area is 238 Å². The van der Waals surface area contributed by atoms with E-state index >= 15 is 0 Å². The number of hydrogen-bond acceptors (Lipinski definition) is 8. The van der Waals surface area contributed by atoms with Gasteiger partial charge in [0.25, 0.3) is 0 Å². The first kappa shape index (κ1) is 40.6. The Bertz CT molecular complexity index is 519. The Kier molecular flexibility index (Phi) is 30.8. The third-order valence-corrected chi connectivity index (χ3v) is 7.61. The maximum absolute atomic E-state index is 10.4. The summed E-state index contributed by atoms with van der Waals surface area (Å²) in [5.74, 6) is -3.53. The predicted molar refractivity (Wildman–Crippen MR) is 137 cm³/mol. The van der Waals surface area contributed by atoms with Crippen molar-refractivity contribution in [1.82, 2.24) is 0 Å². The zero-order valence-electron chi connectivity index (χ0n) is 24.6. The number of aliphatic carboxylic acids is 2. The number of unbranched alkanes of at least 4 members (excludes halogenated alkanes) is 2. The van der Waals surface area contributed by atoms with Crippen LogP contribution in [0.2, 0.25) is 0 Å². The van der Waals surface area contributed by atoms with E-state index < -0.39 is 47.9 Å². The number of rotatable bonds is 20. The summed E-state index contributed by atoms with van der Waals surface area (Å²) >= 11 is -1.01. The molecule has 0 amide bonds. The summed E-state index contributed by atoms with van der Waals surface area (Å²) in [6.45, 7) is 16.7. The second-order valence-electron chi connectivity index (χ2n) is 9.32. The van der Waals surface area contributed by atoms with Crippen LogP contribution in [0.1, 0.15) is 120 Å². The van der Waals surface area contributed by atoms with Gasteiger partial charge in [-0.25, -0.2) is 0 Å². The molecule has 0 N–H and O–H groups in total. The first-order valence-electron chi connectivity index (χ1n) is 13.9. The fourth-order valence-electron chi connectivity index (χ4n) is 3.38. The molecular formula is C28H52O8Zr. The number of hydrogen-bond donors (Lipinski definition) is 0. The van der Waals surface area contributed by atoms with Gasteiger partial charge in [-0.2, -0.15) is 0 Å². The molecule has 0 saturated heterocycles. The van der Waals surface area contributed by atoms with Crippen LogP contribution in [0.4, 0.5) is 0 Å². The quantitative estimate of drug-likeness (QED) is 0.149. The summed E-state index contributed by atoms with van der Waals surface area (Å²) in [5.41, 5.74) is 0. The van der Waals surface area contributed by atoms with Gasteiger partial charge >= 0.3 is 134 Å². The maximum atomic E-state index is 10.4. The van der Waals surface area contributed by atoms with Crippen LogP contribution in [0.5, 0.6) is 0 Å². The van der Waals surface area contributed by atoms with Crippen LogP contribution in [0.15, 0.2) is 0 Å². The first-order valence-corrected chi connectivity index (χ1v) is 15.9. The van der Waals surface area contributed by atoms with Crippen molar-refractivity contribution in [3.63, 3.8) is 0 Å². The van der Waals surface area contributed by atoms with E-state index in [1.54, 1.807) is 13.8 Å². The molecule has 9 heteroatoms. The van der Waals surface area contributed by atoms with E-state index in [1.165, 1.54) is 65.2 Å². The third kappa shape index (κ3) is 25.1. The van der Waals surface area contributed by atoms with E-state index in [4.69, 9.17) is 5.63 Å². The molecule has 0 rings (SSSR count). The van der Waals surface area contributed by atoms with Crippen LogP contribution >= 0.6 is 0 Å². The topological polar surface area (TPSA) is 133 Å². The average molecular weight is 608 g/mol. The van der Waals surface area contributed by atoms with E-state index in [0.717, 1.165) is 25.0 Å². The van der Waals surface area contributed by atoms with Gasteiger partial charge in [-0.3, -0.25) is 9.59 Å². The Hall–Kier alpha value is -0.917. The van der Waals surface area contributed by atoms with Crippen molar-refractivity contribution < 1.29 is 59.1 Å². The standard InChI is InChI=1S/2C8H17O.2C6H10O3.Zr/c2*1-3-5-6-8(4-2)7-9;2*1-3-5(4(2)7)6(8)9;/h2*8H,3-7H2,1-2H3;2*5H,3H2,1-2H3,(H,8,9);/q2*-1;;;+4/p-2. The van der Waals surface area contributed by atoms with E-state index in [2.05, 4.69) is 27.7 Å². The molecule has 0 aromatic heterocycles. The number of carbonyl (C=O) groups is 4. The molecule has 0 aliphatic carbocycles. The Morgan fingerprint density at radius 3 is 1.11 bits per heavy atom. The second kappa shape index (κ2) is 28.1. The van der Waals surface area contributed by atoms with Crippen molar-refractivity contribution in [1.29, 1.82) is 0 Å². The van der Waals surface area contributed by atoms with Crippen molar-refractivity contribution in [3.05, 3.63) is 0 Å². The molecule has 0 aliphatic heterocycles. The Morgan fingerprint density at radius 2 is 0.946 bits per heavy atom. The van der Waals surface area contributed by atoms with Gasteiger partial charge in [0.1, 0.15) is 11.6 Å². The van der Waals surface area contributed by atoms with Crippen molar-refractivity contribution >= 4 is 23.5 Å². The molecule has 216 valence electrons. The fraction of sp³-hybridized carbons (Fsp3) is 0.857. The normalized spacial score (nSPS) is 13.4. The van der Waals surface area contributed by atoms with Gasteiger partial charge in [-0.05, 0) is 26.7 Å². The van der Waals surface area contributed by atoms with E-state index in [9.17, 15) is 29.4 Å². The van der Waals surface area contributed by atoms with Crippen LogP contribution in [0.25, 0.3) is 0 Å². The summed E-state index contributed by atoms with van der Waals surface area (Å²) in [5, 5.41) is 20.1. The van der Waals surface area contributed by atoms with Crippen molar-refractivity contribution in [2.24, 2.45) is 23.7 Å². The van der Waals surface area contributed by atoms with Crippen LogP contribution in [0, 0.1) is 23.7 Å². The third-order valence-electron chi connectivity index (χ3n) is 6.21. The van der Waals surface area contributed by atoms with Gasteiger partial charge in [0.2, 0.25) is 0 Å². The van der Waals surface area contributed by atoms with Gasteiger partial charge in [0.05, 0.1) is 23.8 Å². The predicted octanol–water partition coefficient (Wildman–Crippen LogP) is 4.07. The molecule has 0 heterocycles. The molecule has 0 spiro atoms. The molecule has 37 heavy (non-hydrogen) atoms. The summed E-state index contributed by atoms with van der Waals surface area (Å²) in [6.07, 6.45) is 11.0. The summed E-state index contributed by atoms with van der Waals surface area (Å²) < 4.78 is 11.7. The zero-order valence-corrected chi connectivity index (χ0v) is 27.0. The number of carbonyl (C=O) groups excluding carboxylic acids is 4. The first-order chi connectivity index (χ1) is 17.5. The number of ketones is 2. The molecule has 0 bridgehead atoms. The number of carboxylic acid groups (broad SMARTS) is 2. The second-order valence-corrected chi connectivity index (χ2v) is 11.1. The molecule has 0 aromatic rings. The fourth-order valence-corrected chi connectivity index (χ4v) is 5.08. The summed E-state index contributed by atoms with van der Waals surface area (Å²) in [6, 6.07) is 0. The van der Waals surface area contributed by atoms with Gasteiger partial charge in [0.15, 0.2) is 0 Å². The number of carboxylic acids is 2. The van der Waals surface area contributed by atoms with Crippen molar-refractivity contribution in [3.8, 4) is 0 Å². The summed E-state index contributed by atoms with van der Waals surface area (Å²) in [7, 11) is 0. The molecule has 0 fully saturated rings. The van der Waals surface area contributed by atoms with Gasteiger partial charge in [-0.15, -0.1) is 0 Å². The van der Waals surface area contributed by atoms with Crippen LogP contribution in [-0.4, -0.2) is 36.7 Å².